The zero-order valence-electron chi connectivity index (χ0n) is 6.91. The first kappa shape index (κ1) is 10.8. The van der Waals surface area contributed by atoms with Gasteiger partial charge in [-0.15, -0.1) is 11.8 Å². The van der Waals surface area contributed by atoms with Crippen LogP contribution in [-0.4, -0.2) is 12.2 Å². The van der Waals surface area contributed by atoms with Crippen molar-refractivity contribution < 1.29 is 9.63 Å². The van der Waals surface area contributed by atoms with Crippen LogP contribution < -0.4 is 5.90 Å². The van der Waals surface area contributed by atoms with E-state index in [9.17, 15) is 4.79 Å². The van der Waals surface area contributed by atoms with Gasteiger partial charge in [0.15, 0.2) is 0 Å². The summed E-state index contributed by atoms with van der Waals surface area (Å²) >= 11 is 3.62. The van der Waals surface area contributed by atoms with Gasteiger partial charge >= 0.3 is 5.97 Å². The molecule has 0 bridgehead atoms. The molecule has 0 amide bonds. The fourth-order valence-electron chi connectivity index (χ4n) is 0.903. The quantitative estimate of drug-likeness (QED) is 0.516. The molecule has 0 fully saturated rings. The molecule has 0 aliphatic heterocycles. The highest BCUT2D eigenvalue weighted by Crippen LogP contribution is 2.22. The molecule has 0 saturated heterocycles. The molecule has 70 valence electrons. The molecule has 1 rings (SSSR count). The molecule has 2 N–H and O–H groups in total. The lowest BCUT2D eigenvalue weighted by Crippen LogP contribution is -2.11. The predicted octanol–water partition coefficient (Wildman–Crippen LogP) is 2.04. The summed E-state index contributed by atoms with van der Waals surface area (Å²) in [5, 5.41) is 0. The van der Waals surface area contributed by atoms with Gasteiger partial charge in [-0.3, -0.25) is 0 Å². The van der Waals surface area contributed by atoms with Gasteiger partial charge in [0.1, 0.15) is 0 Å². The number of halogens is 1. The van der Waals surface area contributed by atoms with Crippen molar-refractivity contribution in [2.75, 3.05) is 6.26 Å². The average molecular weight is 309 g/mol. The molecule has 13 heavy (non-hydrogen) atoms. The van der Waals surface area contributed by atoms with Crippen LogP contribution in [0.4, 0.5) is 0 Å². The maximum absolute atomic E-state index is 11.2. The Labute approximate surface area is 94.1 Å². The number of thioether (sulfide) groups is 1. The first-order valence-corrected chi connectivity index (χ1v) is 5.74. The highest BCUT2D eigenvalue weighted by molar-refractivity contribution is 14.1. The van der Waals surface area contributed by atoms with E-state index < -0.39 is 5.97 Å². The highest BCUT2D eigenvalue weighted by atomic mass is 127. The number of carbonyl (C=O) groups excluding carboxylic acids is 1. The summed E-state index contributed by atoms with van der Waals surface area (Å²) in [7, 11) is 0. The molecule has 0 aromatic heterocycles. The van der Waals surface area contributed by atoms with Crippen LogP contribution in [0.2, 0.25) is 0 Å². The Bertz CT molecular complexity index is 330. The smallest absolute Gasteiger partial charge is 0.357 e. The summed E-state index contributed by atoms with van der Waals surface area (Å²) in [6, 6.07) is 5.56. The first-order chi connectivity index (χ1) is 6.19. The van der Waals surface area contributed by atoms with Gasteiger partial charge in [0.25, 0.3) is 0 Å². The van der Waals surface area contributed by atoms with Gasteiger partial charge in [-0.25, -0.2) is 4.79 Å². The van der Waals surface area contributed by atoms with Crippen LogP contribution in [0.1, 0.15) is 10.4 Å². The summed E-state index contributed by atoms with van der Waals surface area (Å²) in [5.74, 6) is 4.32. The molecule has 1 aromatic carbocycles. The van der Waals surface area contributed by atoms with Gasteiger partial charge in [-0.2, -0.15) is 5.90 Å². The maximum atomic E-state index is 11.2. The molecule has 5 heteroatoms. The lowest BCUT2D eigenvalue weighted by Gasteiger charge is -2.04. The fraction of sp³-hybridized carbons (Fsp3) is 0.125. The summed E-state index contributed by atoms with van der Waals surface area (Å²) in [6.07, 6.45) is 1.90. The summed E-state index contributed by atoms with van der Waals surface area (Å²) in [4.78, 5) is 16.2. The second-order valence-electron chi connectivity index (χ2n) is 2.25. The molecular formula is C8H8INO2S. The minimum Gasteiger partial charge on any atom is -0.370 e. The van der Waals surface area contributed by atoms with Gasteiger partial charge in [-0.05, 0) is 47.0 Å². The Hall–Kier alpha value is -0.270. The monoisotopic (exact) mass is 309 g/mol. The molecule has 0 saturated carbocycles. The third-order valence-electron chi connectivity index (χ3n) is 1.49. The second-order valence-corrected chi connectivity index (χ2v) is 4.34. The third kappa shape index (κ3) is 2.58. The summed E-state index contributed by atoms with van der Waals surface area (Å²) in [6.45, 7) is 0. The van der Waals surface area contributed by atoms with Gasteiger partial charge in [-0.1, -0.05) is 0 Å². The molecule has 0 heterocycles. The molecular weight excluding hydrogens is 301 g/mol. The van der Waals surface area contributed by atoms with E-state index in [-0.39, 0.29) is 0 Å². The Morgan fingerprint density at radius 1 is 1.62 bits per heavy atom. The number of benzene rings is 1. The van der Waals surface area contributed by atoms with E-state index in [0.717, 1.165) is 8.47 Å². The van der Waals surface area contributed by atoms with Crippen molar-refractivity contribution in [3.8, 4) is 0 Å². The fourth-order valence-corrected chi connectivity index (χ4v) is 1.96. The Kier molecular flexibility index (Phi) is 4.01. The van der Waals surface area contributed by atoms with Crippen LogP contribution in [0.25, 0.3) is 0 Å². The summed E-state index contributed by atoms with van der Waals surface area (Å²) in [5.41, 5.74) is 0.516. The Morgan fingerprint density at radius 3 is 2.85 bits per heavy atom. The van der Waals surface area contributed by atoms with Crippen LogP contribution in [0, 0.1) is 3.57 Å². The summed E-state index contributed by atoms with van der Waals surface area (Å²) < 4.78 is 0.982. The Morgan fingerprint density at radius 2 is 2.31 bits per heavy atom. The number of rotatable bonds is 2. The van der Waals surface area contributed by atoms with Crippen molar-refractivity contribution in [3.63, 3.8) is 0 Å². The topological polar surface area (TPSA) is 52.3 Å². The first-order valence-electron chi connectivity index (χ1n) is 3.43. The van der Waals surface area contributed by atoms with Crippen LogP contribution >= 0.6 is 34.4 Å². The minimum absolute atomic E-state index is 0.497. The van der Waals surface area contributed by atoms with E-state index in [1.54, 1.807) is 6.07 Å². The maximum Gasteiger partial charge on any atom is 0.357 e. The van der Waals surface area contributed by atoms with E-state index in [1.807, 2.05) is 18.4 Å². The van der Waals surface area contributed by atoms with Crippen LogP contribution in [0.15, 0.2) is 23.1 Å². The zero-order chi connectivity index (χ0) is 9.84. The van der Waals surface area contributed by atoms with Crippen molar-refractivity contribution in [3.05, 3.63) is 27.3 Å². The van der Waals surface area contributed by atoms with Crippen molar-refractivity contribution in [1.82, 2.24) is 0 Å². The lowest BCUT2D eigenvalue weighted by atomic mass is 10.2. The van der Waals surface area contributed by atoms with Gasteiger partial charge in [0.05, 0.1) is 5.56 Å². The molecule has 0 radical (unpaired) electrons. The molecule has 0 spiro atoms. The molecule has 3 nitrogen and oxygen atoms in total. The molecule has 0 unspecified atom stereocenters. The lowest BCUT2D eigenvalue weighted by molar-refractivity contribution is 0.0499. The molecule has 0 atom stereocenters. The largest absolute Gasteiger partial charge is 0.370 e. The second kappa shape index (κ2) is 4.83. The highest BCUT2D eigenvalue weighted by Gasteiger charge is 2.11. The molecule has 1 aromatic rings. The number of nitrogens with two attached hydrogens (primary N) is 1. The Balaban J connectivity index is 3.15. The van der Waals surface area contributed by atoms with E-state index in [1.165, 1.54) is 11.8 Å². The van der Waals surface area contributed by atoms with E-state index in [4.69, 9.17) is 5.90 Å². The van der Waals surface area contributed by atoms with Crippen molar-refractivity contribution in [1.29, 1.82) is 0 Å². The molecule has 0 aliphatic carbocycles. The van der Waals surface area contributed by atoms with Gasteiger partial charge in [0, 0.05) is 8.47 Å². The van der Waals surface area contributed by atoms with E-state index in [0.29, 0.717) is 5.56 Å². The van der Waals surface area contributed by atoms with Crippen molar-refractivity contribution in [2.24, 2.45) is 5.90 Å². The van der Waals surface area contributed by atoms with Crippen LogP contribution in [0.5, 0.6) is 0 Å². The average Bonchev–Trinajstić information content (AvgIpc) is 2.16. The van der Waals surface area contributed by atoms with Crippen molar-refractivity contribution >= 4 is 40.3 Å². The van der Waals surface area contributed by atoms with E-state index >= 15 is 0 Å². The van der Waals surface area contributed by atoms with E-state index in [2.05, 4.69) is 27.4 Å². The number of hydrogen-bond acceptors (Lipinski definition) is 4. The van der Waals surface area contributed by atoms with Gasteiger partial charge in [0.2, 0.25) is 0 Å². The van der Waals surface area contributed by atoms with Crippen molar-refractivity contribution in [2.45, 2.75) is 4.90 Å². The predicted molar refractivity (Wildman–Crippen MR) is 60.5 cm³/mol. The number of hydrogen-bond donors (Lipinski definition) is 1. The number of carbonyl (C=O) groups is 1. The van der Waals surface area contributed by atoms with Crippen LogP contribution in [-0.2, 0) is 4.84 Å². The molecule has 0 aliphatic rings. The minimum atomic E-state index is -0.497. The van der Waals surface area contributed by atoms with Crippen LogP contribution in [0.3, 0.4) is 0 Å². The standard InChI is InChI=1S/C8H8INO2S/c1-13-7-3-2-5(9)4-6(7)8(11)12-10/h2-4H,10H2,1H3. The zero-order valence-corrected chi connectivity index (χ0v) is 9.89. The third-order valence-corrected chi connectivity index (χ3v) is 2.96. The normalized spacial score (nSPS) is 9.77. The van der Waals surface area contributed by atoms with Gasteiger partial charge < -0.3 is 4.84 Å². The SMILES string of the molecule is CSc1ccc(I)cc1C(=O)ON.